The molecule has 3 aromatic rings. The zero-order chi connectivity index (χ0) is 23.8. The monoisotopic (exact) mass is 486 g/mol. The summed E-state index contributed by atoms with van der Waals surface area (Å²) in [6.07, 6.45) is -0.0874. The Morgan fingerprint density at radius 3 is 2.33 bits per heavy atom. The predicted molar refractivity (Wildman–Crippen MR) is 129 cm³/mol. The van der Waals surface area contributed by atoms with E-state index < -0.39 is 22.0 Å². The summed E-state index contributed by atoms with van der Waals surface area (Å²) in [5, 5.41) is 4.70. The maximum absolute atomic E-state index is 13.4. The van der Waals surface area contributed by atoms with Crippen LogP contribution in [0.25, 0.3) is 0 Å². The molecule has 1 unspecified atom stereocenters. The van der Waals surface area contributed by atoms with Crippen molar-refractivity contribution < 1.29 is 22.7 Å². The number of methoxy groups -OCH3 is 1. The number of ether oxygens (including phenoxy) is 1. The molecule has 0 spiro atoms. The quantitative estimate of drug-likeness (QED) is 0.436. The first-order chi connectivity index (χ1) is 15.8. The highest BCUT2D eigenvalue weighted by Gasteiger charge is 2.26. The van der Waals surface area contributed by atoms with E-state index in [0.717, 1.165) is 10.4 Å². The van der Waals surface area contributed by atoms with Gasteiger partial charge in [0.1, 0.15) is 0 Å². The van der Waals surface area contributed by atoms with Crippen LogP contribution in [0, 0.1) is 6.92 Å². The maximum Gasteiger partial charge on any atom is 0.307 e. The van der Waals surface area contributed by atoms with Gasteiger partial charge in [0.05, 0.1) is 30.2 Å². The highest BCUT2D eigenvalue weighted by atomic mass is 32.2. The number of anilines is 1. The van der Waals surface area contributed by atoms with E-state index in [1.54, 1.807) is 54.6 Å². The molecule has 174 valence electrons. The number of hydrogen-bond donors (Lipinski definition) is 1. The Morgan fingerprint density at radius 2 is 1.73 bits per heavy atom. The van der Waals surface area contributed by atoms with Crippen LogP contribution in [0.15, 0.2) is 77.0 Å². The van der Waals surface area contributed by atoms with Crippen molar-refractivity contribution in [2.24, 2.45) is 0 Å². The van der Waals surface area contributed by atoms with Crippen LogP contribution in [-0.2, 0) is 24.3 Å². The number of nitrogens with zero attached hydrogens (tertiary/aromatic N) is 1. The van der Waals surface area contributed by atoms with Crippen LogP contribution < -0.4 is 9.62 Å². The third kappa shape index (κ3) is 6.43. The standard InChI is InChI=1S/C24H26N2O5S2/c1-18-10-12-20(13-11-18)33(29,30)26(19-7-4-3-5-8-19)15-14-23(27)25-21(17-24(28)31-2)22-9-6-16-32-22/h3-13,16,21H,14-15,17H2,1-2H3,(H,25,27). The van der Waals surface area contributed by atoms with Crippen LogP contribution in [0.4, 0.5) is 5.69 Å². The number of para-hydroxylation sites is 1. The normalized spacial score (nSPS) is 12.1. The number of sulfonamides is 1. The summed E-state index contributed by atoms with van der Waals surface area (Å²) in [6.45, 7) is 1.83. The van der Waals surface area contributed by atoms with E-state index in [2.05, 4.69) is 5.32 Å². The van der Waals surface area contributed by atoms with Gasteiger partial charge in [-0.1, -0.05) is 42.0 Å². The number of nitrogens with one attached hydrogen (secondary N) is 1. The van der Waals surface area contributed by atoms with E-state index in [0.29, 0.717) is 5.69 Å². The fraction of sp³-hybridized carbons (Fsp3) is 0.250. The number of esters is 1. The molecule has 0 aliphatic heterocycles. The van der Waals surface area contributed by atoms with Crippen LogP contribution in [-0.4, -0.2) is 33.9 Å². The molecule has 0 fully saturated rings. The van der Waals surface area contributed by atoms with Crippen molar-refractivity contribution in [2.75, 3.05) is 18.0 Å². The number of benzene rings is 2. The zero-order valence-electron chi connectivity index (χ0n) is 18.4. The Bertz CT molecular complexity index is 1160. The molecule has 3 rings (SSSR count). The van der Waals surface area contributed by atoms with Gasteiger partial charge in [-0.05, 0) is 42.6 Å². The number of thiophene rings is 1. The van der Waals surface area contributed by atoms with Crippen LogP contribution in [0.2, 0.25) is 0 Å². The molecule has 1 aromatic heterocycles. The molecule has 7 nitrogen and oxygen atoms in total. The summed E-state index contributed by atoms with van der Waals surface area (Å²) in [5.41, 5.74) is 1.42. The molecular formula is C24H26N2O5S2. The van der Waals surface area contributed by atoms with Gasteiger partial charge in [-0.2, -0.15) is 0 Å². The highest BCUT2D eigenvalue weighted by Crippen LogP contribution is 2.25. The molecular weight excluding hydrogens is 460 g/mol. The SMILES string of the molecule is COC(=O)CC(NC(=O)CCN(c1ccccc1)S(=O)(=O)c1ccc(C)cc1)c1cccs1. The Hall–Kier alpha value is -3.17. The van der Waals surface area contributed by atoms with Crippen molar-refractivity contribution in [3.8, 4) is 0 Å². The van der Waals surface area contributed by atoms with Crippen molar-refractivity contribution in [2.45, 2.75) is 30.7 Å². The number of hydrogen-bond acceptors (Lipinski definition) is 6. The van der Waals surface area contributed by atoms with Gasteiger partial charge in [0, 0.05) is 17.8 Å². The zero-order valence-corrected chi connectivity index (χ0v) is 20.1. The second-order valence-corrected chi connectivity index (χ2v) is 10.2. The van der Waals surface area contributed by atoms with Crippen molar-refractivity contribution in [3.05, 3.63) is 82.6 Å². The second kappa shape index (κ2) is 11.1. The largest absolute Gasteiger partial charge is 0.469 e. The molecule has 1 amide bonds. The molecule has 0 aliphatic carbocycles. The molecule has 0 aliphatic rings. The molecule has 1 N–H and O–H groups in total. The van der Waals surface area contributed by atoms with Crippen molar-refractivity contribution in [1.82, 2.24) is 5.32 Å². The molecule has 2 aromatic carbocycles. The van der Waals surface area contributed by atoms with Gasteiger partial charge in [-0.3, -0.25) is 13.9 Å². The van der Waals surface area contributed by atoms with Crippen molar-refractivity contribution >= 4 is 38.9 Å². The van der Waals surface area contributed by atoms with Crippen LogP contribution in [0.3, 0.4) is 0 Å². The lowest BCUT2D eigenvalue weighted by Gasteiger charge is -2.25. The third-order valence-corrected chi connectivity index (χ3v) is 7.84. The lowest BCUT2D eigenvalue weighted by Crippen LogP contribution is -2.36. The molecule has 0 radical (unpaired) electrons. The Labute approximate surface area is 198 Å². The van der Waals surface area contributed by atoms with Crippen molar-refractivity contribution in [1.29, 1.82) is 0 Å². The Balaban J connectivity index is 1.78. The van der Waals surface area contributed by atoms with Crippen LogP contribution in [0.5, 0.6) is 0 Å². The summed E-state index contributed by atoms with van der Waals surface area (Å²) >= 11 is 1.42. The Kier molecular flexibility index (Phi) is 8.24. The van der Waals surface area contributed by atoms with E-state index >= 15 is 0 Å². The van der Waals surface area contributed by atoms with E-state index in [9.17, 15) is 18.0 Å². The van der Waals surface area contributed by atoms with E-state index in [-0.39, 0.29) is 30.2 Å². The molecule has 1 heterocycles. The molecule has 0 bridgehead atoms. The Morgan fingerprint density at radius 1 is 1.03 bits per heavy atom. The molecule has 33 heavy (non-hydrogen) atoms. The average Bonchev–Trinajstić information content (AvgIpc) is 3.34. The fourth-order valence-corrected chi connectivity index (χ4v) is 5.50. The van der Waals surface area contributed by atoms with Crippen LogP contribution in [0.1, 0.15) is 29.3 Å². The molecule has 0 saturated carbocycles. The molecule has 1 atom stereocenters. The number of rotatable bonds is 10. The first kappa shape index (κ1) is 24.5. The molecule has 0 saturated heterocycles. The lowest BCUT2D eigenvalue weighted by atomic mass is 10.1. The van der Waals surface area contributed by atoms with Gasteiger partial charge in [0.25, 0.3) is 10.0 Å². The summed E-state index contributed by atoms with van der Waals surface area (Å²) in [6, 6.07) is 18.4. The smallest absolute Gasteiger partial charge is 0.307 e. The number of carbonyl (C=O) groups excluding carboxylic acids is 2. The number of amides is 1. The van der Waals surface area contributed by atoms with E-state index in [1.165, 1.54) is 22.8 Å². The van der Waals surface area contributed by atoms with Gasteiger partial charge < -0.3 is 10.1 Å². The summed E-state index contributed by atoms with van der Waals surface area (Å²) in [7, 11) is -2.58. The maximum atomic E-state index is 13.4. The lowest BCUT2D eigenvalue weighted by molar-refractivity contribution is -0.141. The van der Waals surface area contributed by atoms with Crippen molar-refractivity contribution in [3.63, 3.8) is 0 Å². The highest BCUT2D eigenvalue weighted by molar-refractivity contribution is 7.92. The summed E-state index contributed by atoms with van der Waals surface area (Å²) < 4.78 is 32.7. The summed E-state index contributed by atoms with van der Waals surface area (Å²) in [4.78, 5) is 25.6. The van der Waals surface area contributed by atoms with Gasteiger partial charge in [0.15, 0.2) is 0 Å². The van der Waals surface area contributed by atoms with E-state index in [4.69, 9.17) is 4.74 Å². The van der Waals surface area contributed by atoms with Gasteiger partial charge in [0.2, 0.25) is 5.91 Å². The minimum Gasteiger partial charge on any atom is -0.469 e. The van der Waals surface area contributed by atoms with E-state index in [1.807, 2.05) is 24.4 Å². The average molecular weight is 487 g/mol. The third-order valence-electron chi connectivity index (χ3n) is 5.02. The van der Waals surface area contributed by atoms with Crippen LogP contribution >= 0.6 is 11.3 Å². The topological polar surface area (TPSA) is 92.8 Å². The first-order valence-electron chi connectivity index (χ1n) is 10.4. The second-order valence-electron chi connectivity index (χ2n) is 7.39. The van der Waals surface area contributed by atoms with Gasteiger partial charge in [-0.25, -0.2) is 8.42 Å². The summed E-state index contributed by atoms with van der Waals surface area (Å²) in [5.74, 6) is -0.807. The number of carbonyl (C=O) groups is 2. The van der Waals surface area contributed by atoms with Gasteiger partial charge >= 0.3 is 5.97 Å². The van der Waals surface area contributed by atoms with Gasteiger partial charge in [-0.15, -0.1) is 11.3 Å². The number of aryl methyl sites for hydroxylation is 1. The fourth-order valence-electron chi connectivity index (χ4n) is 3.25. The first-order valence-corrected chi connectivity index (χ1v) is 12.7. The molecule has 9 heteroatoms. The minimum atomic E-state index is -3.88. The minimum absolute atomic E-state index is 0.00713. The predicted octanol–water partition coefficient (Wildman–Crippen LogP) is 4.06.